The van der Waals surface area contributed by atoms with Crippen molar-refractivity contribution in [2.24, 2.45) is 0 Å². The summed E-state index contributed by atoms with van der Waals surface area (Å²) in [5.41, 5.74) is 6.84. The topological polar surface area (TPSA) is 55.1 Å². The zero-order valence-corrected chi connectivity index (χ0v) is 11.9. The van der Waals surface area contributed by atoms with Crippen LogP contribution in [0.15, 0.2) is 40.9 Å². The molecule has 3 nitrogen and oxygen atoms in total. The number of anilines is 2. The largest absolute Gasteiger partial charge is 0.399 e. The third-order valence-electron chi connectivity index (χ3n) is 2.36. The highest BCUT2D eigenvalue weighted by molar-refractivity contribution is 9.10. The lowest BCUT2D eigenvalue weighted by Crippen LogP contribution is -2.12. The Morgan fingerprint density at radius 3 is 2.63 bits per heavy atom. The number of rotatable bonds is 2. The van der Waals surface area contributed by atoms with Gasteiger partial charge in [-0.3, -0.25) is 4.79 Å². The molecule has 2 aromatic rings. The van der Waals surface area contributed by atoms with Crippen molar-refractivity contribution in [1.82, 2.24) is 0 Å². The van der Waals surface area contributed by atoms with Crippen molar-refractivity contribution in [2.45, 2.75) is 0 Å². The molecule has 0 heterocycles. The molecule has 0 radical (unpaired) electrons. The Balaban J connectivity index is 2.25. The highest BCUT2D eigenvalue weighted by Crippen LogP contribution is 2.24. The fourth-order valence-corrected chi connectivity index (χ4v) is 2.25. The van der Waals surface area contributed by atoms with E-state index in [0.29, 0.717) is 21.4 Å². The second-order valence-corrected chi connectivity index (χ2v) is 5.17. The number of nitrogens with two attached hydrogens (primary N) is 1. The maximum Gasteiger partial charge on any atom is 0.255 e. The van der Waals surface area contributed by atoms with Gasteiger partial charge in [0.05, 0.1) is 10.7 Å². The van der Waals surface area contributed by atoms with E-state index in [1.807, 2.05) is 0 Å². The van der Waals surface area contributed by atoms with E-state index in [4.69, 9.17) is 17.3 Å². The minimum atomic E-state index is -0.463. The van der Waals surface area contributed by atoms with Crippen LogP contribution in [0, 0.1) is 5.82 Å². The Labute approximate surface area is 122 Å². The third kappa shape index (κ3) is 3.45. The second-order valence-electron chi connectivity index (χ2n) is 3.85. The van der Waals surface area contributed by atoms with Gasteiger partial charge in [-0.2, -0.15) is 0 Å². The van der Waals surface area contributed by atoms with Crippen LogP contribution in [0.5, 0.6) is 0 Å². The minimum Gasteiger partial charge on any atom is -0.399 e. The molecule has 2 rings (SSSR count). The average Bonchev–Trinajstić information content (AvgIpc) is 2.31. The van der Waals surface area contributed by atoms with E-state index in [9.17, 15) is 9.18 Å². The molecular formula is C13H9BrClFN2O. The van der Waals surface area contributed by atoms with Crippen molar-refractivity contribution < 1.29 is 9.18 Å². The maximum absolute atomic E-state index is 12.9. The Bertz CT molecular complexity index is 628. The van der Waals surface area contributed by atoms with Crippen molar-refractivity contribution >= 4 is 44.8 Å². The summed E-state index contributed by atoms with van der Waals surface area (Å²) in [4.78, 5) is 12.0. The number of carbonyl (C=O) groups is 1. The number of carbonyl (C=O) groups excluding carboxylic acids is 1. The van der Waals surface area contributed by atoms with E-state index in [1.54, 1.807) is 12.1 Å². The molecule has 6 heteroatoms. The van der Waals surface area contributed by atoms with Crippen LogP contribution in [0.3, 0.4) is 0 Å². The van der Waals surface area contributed by atoms with E-state index >= 15 is 0 Å². The summed E-state index contributed by atoms with van der Waals surface area (Å²) < 4.78 is 13.6. The zero-order chi connectivity index (χ0) is 14.0. The quantitative estimate of drug-likeness (QED) is 0.807. The number of hydrogen-bond acceptors (Lipinski definition) is 2. The van der Waals surface area contributed by atoms with E-state index in [0.717, 1.165) is 6.07 Å². The normalized spacial score (nSPS) is 10.3. The SMILES string of the molecule is Nc1cc(Br)cc(C(=O)Nc2ccc(F)cc2Cl)c1. The fraction of sp³-hybridized carbons (Fsp3) is 0. The number of amides is 1. The molecule has 0 bridgehead atoms. The standard InChI is InChI=1S/C13H9BrClFN2O/c14-8-3-7(4-10(17)5-8)13(19)18-12-2-1-9(16)6-11(12)15/h1-6H,17H2,(H,18,19). The molecular weight excluding hydrogens is 335 g/mol. The number of benzene rings is 2. The summed E-state index contributed by atoms with van der Waals surface area (Å²) >= 11 is 9.09. The first kappa shape index (κ1) is 13.8. The highest BCUT2D eigenvalue weighted by Gasteiger charge is 2.10. The van der Waals surface area contributed by atoms with Crippen LogP contribution in [-0.2, 0) is 0 Å². The van der Waals surface area contributed by atoms with E-state index < -0.39 is 5.82 Å². The van der Waals surface area contributed by atoms with Crippen molar-refractivity contribution in [1.29, 1.82) is 0 Å². The predicted octanol–water partition coefficient (Wildman–Crippen LogP) is 4.08. The zero-order valence-electron chi connectivity index (χ0n) is 9.58. The number of nitrogen functional groups attached to an aromatic ring is 1. The molecule has 19 heavy (non-hydrogen) atoms. The van der Waals surface area contributed by atoms with Crippen LogP contribution in [0.1, 0.15) is 10.4 Å². The Kier molecular flexibility index (Phi) is 4.07. The van der Waals surface area contributed by atoms with Crippen molar-refractivity contribution in [2.75, 3.05) is 11.1 Å². The van der Waals surface area contributed by atoms with Crippen LogP contribution in [0.2, 0.25) is 5.02 Å². The Hall–Kier alpha value is -1.59. The van der Waals surface area contributed by atoms with Crippen molar-refractivity contribution in [3.05, 3.63) is 57.3 Å². The molecule has 0 atom stereocenters. The molecule has 3 N–H and O–H groups in total. The molecule has 98 valence electrons. The van der Waals surface area contributed by atoms with Gasteiger partial charge in [0.2, 0.25) is 0 Å². The van der Waals surface area contributed by atoms with Crippen LogP contribution in [0.4, 0.5) is 15.8 Å². The van der Waals surface area contributed by atoms with Gasteiger partial charge in [0, 0.05) is 15.7 Å². The molecule has 0 saturated heterocycles. The van der Waals surface area contributed by atoms with Gasteiger partial charge < -0.3 is 11.1 Å². The summed E-state index contributed by atoms with van der Waals surface area (Å²) in [6.07, 6.45) is 0. The van der Waals surface area contributed by atoms with Gasteiger partial charge in [-0.25, -0.2) is 4.39 Å². The molecule has 0 aliphatic heterocycles. The monoisotopic (exact) mass is 342 g/mol. The van der Waals surface area contributed by atoms with Crippen molar-refractivity contribution in [3.63, 3.8) is 0 Å². The molecule has 0 spiro atoms. The number of halogens is 3. The smallest absolute Gasteiger partial charge is 0.255 e. The molecule has 1 amide bonds. The van der Waals surface area contributed by atoms with Crippen LogP contribution >= 0.6 is 27.5 Å². The summed E-state index contributed by atoms with van der Waals surface area (Å²) in [6.45, 7) is 0. The van der Waals surface area contributed by atoms with Crippen LogP contribution in [-0.4, -0.2) is 5.91 Å². The maximum atomic E-state index is 12.9. The summed E-state index contributed by atoms with van der Waals surface area (Å²) in [5.74, 6) is -0.837. The number of nitrogens with one attached hydrogen (secondary N) is 1. The summed E-state index contributed by atoms with van der Waals surface area (Å²) in [7, 11) is 0. The predicted molar refractivity (Wildman–Crippen MR) is 77.9 cm³/mol. The molecule has 0 unspecified atom stereocenters. The summed E-state index contributed by atoms with van der Waals surface area (Å²) in [5, 5.41) is 2.73. The van der Waals surface area contributed by atoms with Gasteiger partial charge in [0.25, 0.3) is 5.91 Å². The fourth-order valence-electron chi connectivity index (χ4n) is 1.53. The van der Waals surface area contributed by atoms with Gasteiger partial charge in [-0.1, -0.05) is 27.5 Å². The molecule has 2 aromatic carbocycles. The summed E-state index contributed by atoms with van der Waals surface area (Å²) in [6, 6.07) is 8.60. The van der Waals surface area contributed by atoms with Gasteiger partial charge in [-0.05, 0) is 36.4 Å². The minimum absolute atomic E-state index is 0.135. The lowest BCUT2D eigenvalue weighted by atomic mass is 10.2. The van der Waals surface area contributed by atoms with Crippen molar-refractivity contribution in [3.8, 4) is 0 Å². The number of hydrogen-bond donors (Lipinski definition) is 2. The lowest BCUT2D eigenvalue weighted by Gasteiger charge is -2.08. The van der Waals surface area contributed by atoms with Gasteiger partial charge in [-0.15, -0.1) is 0 Å². The molecule has 0 aromatic heterocycles. The van der Waals surface area contributed by atoms with Crippen LogP contribution < -0.4 is 11.1 Å². The highest BCUT2D eigenvalue weighted by atomic mass is 79.9. The van der Waals surface area contributed by atoms with E-state index in [1.165, 1.54) is 18.2 Å². The molecule has 0 saturated carbocycles. The van der Waals surface area contributed by atoms with E-state index in [-0.39, 0.29) is 10.9 Å². The average molecular weight is 344 g/mol. The second kappa shape index (κ2) is 5.59. The first-order chi connectivity index (χ1) is 8.95. The molecule has 0 aliphatic rings. The van der Waals surface area contributed by atoms with Gasteiger partial charge >= 0.3 is 0 Å². The Morgan fingerprint density at radius 2 is 2.00 bits per heavy atom. The first-order valence-electron chi connectivity index (χ1n) is 5.28. The molecule has 0 fully saturated rings. The lowest BCUT2D eigenvalue weighted by molar-refractivity contribution is 0.102. The van der Waals surface area contributed by atoms with Crippen LogP contribution in [0.25, 0.3) is 0 Å². The molecule has 0 aliphatic carbocycles. The van der Waals surface area contributed by atoms with Gasteiger partial charge in [0.1, 0.15) is 5.82 Å². The Morgan fingerprint density at radius 1 is 1.26 bits per heavy atom. The third-order valence-corrected chi connectivity index (χ3v) is 3.13. The van der Waals surface area contributed by atoms with Gasteiger partial charge in [0.15, 0.2) is 0 Å². The first-order valence-corrected chi connectivity index (χ1v) is 6.45. The van der Waals surface area contributed by atoms with E-state index in [2.05, 4.69) is 21.2 Å².